The molecule has 1 saturated heterocycles. The molecule has 0 amide bonds. The molecular formula is C23H32N4S. The Morgan fingerprint density at radius 2 is 2.00 bits per heavy atom. The van der Waals surface area contributed by atoms with Crippen molar-refractivity contribution in [1.29, 1.82) is 5.41 Å². The quantitative estimate of drug-likeness (QED) is 0.396. The molecule has 1 unspecified atom stereocenters. The van der Waals surface area contributed by atoms with Gasteiger partial charge in [0.05, 0.1) is 10.9 Å². The minimum atomic E-state index is 0.324. The van der Waals surface area contributed by atoms with Gasteiger partial charge < -0.3 is 20.8 Å². The second kappa shape index (κ2) is 8.64. The lowest BCUT2D eigenvalue weighted by atomic mass is 9.69. The number of nitrogens with one attached hydrogen (secondary N) is 4. The van der Waals surface area contributed by atoms with Gasteiger partial charge in [0, 0.05) is 18.5 Å². The molecule has 1 spiro atoms. The summed E-state index contributed by atoms with van der Waals surface area (Å²) in [6, 6.07) is 9.24. The van der Waals surface area contributed by atoms with Crippen molar-refractivity contribution in [3.05, 3.63) is 58.4 Å². The van der Waals surface area contributed by atoms with Gasteiger partial charge in [-0.25, -0.2) is 0 Å². The first-order valence-electron chi connectivity index (χ1n) is 10.7. The first-order chi connectivity index (χ1) is 13.7. The second-order valence-corrected chi connectivity index (χ2v) is 9.28. The van der Waals surface area contributed by atoms with E-state index in [1.165, 1.54) is 86.4 Å². The molecule has 1 aromatic rings. The fourth-order valence-electron chi connectivity index (χ4n) is 5.20. The average Bonchev–Trinajstić information content (AvgIpc) is 3.02. The van der Waals surface area contributed by atoms with Gasteiger partial charge in [-0.3, -0.25) is 0 Å². The lowest BCUT2D eigenvalue weighted by Crippen LogP contribution is -2.38. The van der Waals surface area contributed by atoms with Gasteiger partial charge in [-0.05, 0) is 67.0 Å². The van der Waals surface area contributed by atoms with Gasteiger partial charge in [0.15, 0.2) is 0 Å². The van der Waals surface area contributed by atoms with E-state index in [1.807, 2.05) is 0 Å². The summed E-state index contributed by atoms with van der Waals surface area (Å²) in [5.74, 6) is 0.840. The highest BCUT2D eigenvalue weighted by Crippen LogP contribution is 2.54. The molecule has 5 heteroatoms. The van der Waals surface area contributed by atoms with Crippen LogP contribution < -0.4 is 15.4 Å². The maximum absolute atomic E-state index is 7.78. The van der Waals surface area contributed by atoms with E-state index < -0.39 is 0 Å². The zero-order valence-electron chi connectivity index (χ0n) is 16.7. The van der Waals surface area contributed by atoms with Crippen molar-refractivity contribution in [2.24, 2.45) is 5.41 Å². The van der Waals surface area contributed by atoms with Crippen LogP contribution in [0.15, 0.2) is 47.3 Å². The molecule has 4 rings (SSSR count). The summed E-state index contributed by atoms with van der Waals surface area (Å²) in [5.41, 5.74) is 4.44. The summed E-state index contributed by atoms with van der Waals surface area (Å²) in [6.07, 6.45) is 12.7. The van der Waals surface area contributed by atoms with Crippen molar-refractivity contribution >= 4 is 18.2 Å². The topological polar surface area (TPSA) is 59.9 Å². The Morgan fingerprint density at radius 1 is 1.18 bits per heavy atom. The molecule has 2 fully saturated rings. The van der Waals surface area contributed by atoms with Crippen molar-refractivity contribution in [3.8, 4) is 0 Å². The van der Waals surface area contributed by atoms with Crippen molar-refractivity contribution in [1.82, 2.24) is 15.4 Å². The highest BCUT2D eigenvalue weighted by Gasteiger charge is 2.46. The average molecular weight is 397 g/mol. The first-order valence-corrected chi connectivity index (χ1v) is 11.5. The van der Waals surface area contributed by atoms with Crippen molar-refractivity contribution in [2.45, 2.75) is 63.8 Å². The van der Waals surface area contributed by atoms with Gasteiger partial charge in [0.1, 0.15) is 5.82 Å². The Balaban J connectivity index is 1.45. The number of allylic oxidation sites excluding steroid dienone is 2. The number of hydrogen-bond donors (Lipinski definition) is 4. The Labute approximate surface area is 173 Å². The molecule has 0 radical (unpaired) electrons. The number of hydrogen-bond acceptors (Lipinski definition) is 5. The molecule has 1 aliphatic heterocycles. The summed E-state index contributed by atoms with van der Waals surface area (Å²) >= 11 is 1.50. The maximum Gasteiger partial charge on any atom is 0.102 e. The smallest absolute Gasteiger partial charge is 0.102 e. The molecule has 150 valence electrons. The number of fused-ring (bicyclic) bond motifs is 1. The van der Waals surface area contributed by atoms with Gasteiger partial charge in [0.25, 0.3) is 0 Å². The number of benzene rings is 1. The molecular weight excluding hydrogens is 364 g/mol. The summed E-state index contributed by atoms with van der Waals surface area (Å²) in [6.45, 7) is 5.27. The van der Waals surface area contributed by atoms with Crippen molar-refractivity contribution < 1.29 is 0 Å². The number of rotatable bonds is 6. The number of piperidine rings is 1. The third-order valence-electron chi connectivity index (χ3n) is 6.59. The van der Waals surface area contributed by atoms with Crippen LogP contribution in [0, 0.1) is 10.8 Å². The van der Waals surface area contributed by atoms with E-state index in [2.05, 4.69) is 46.2 Å². The molecule has 2 aliphatic carbocycles. The SMILES string of the molecule is C=C(NS/C(C=N)=C1\CCCCN1)NC1c2ccccc2CC12CCCCC2. The van der Waals surface area contributed by atoms with Crippen LogP contribution in [0.2, 0.25) is 0 Å². The van der Waals surface area contributed by atoms with E-state index in [0.29, 0.717) is 11.5 Å². The molecule has 4 nitrogen and oxygen atoms in total. The molecule has 1 atom stereocenters. The van der Waals surface area contributed by atoms with Crippen LogP contribution in [0.3, 0.4) is 0 Å². The molecule has 0 bridgehead atoms. The highest BCUT2D eigenvalue weighted by atomic mass is 32.2. The van der Waals surface area contributed by atoms with Gasteiger partial charge in [0.2, 0.25) is 0 Å². The maximum atomic E-state index is 7.78. The predicted octanol–water partition coefficient (Wildman–Crippen LogP) is 5.17. The first kappa shape index (κ1) is 19.4. The molecule has 1 heterocycles. The van der Waals surface area contributed by atoms with Crippen LogP contribution >= 0.6 is 11.9 Å². The summed E-state index contributed by atoms with van der Waals surface area (Å²) in [4.78, 5) is 0.960. The highest BCUT2D eigenvalue weighted by molar-refractivity contribution is 8.02. The fraction of sp³-hybridized carbons (Fsp3) is 0.522. The van der Waals surface area contributed by atoms with Crippen LogP contribution in [0.4, 0.5) is 0 Å². The molecule has 4 N–H and O–H groups in total. The predicted molar refractivity (Wildman–Crippen MR) is 119 cm³/mol. The standard InChI is InChI=1S/C23H32N4S/c1-17(27-28-21(16-24)20-11-5-8-14-25-20)26-22-19-10-4-3-9-18(19)15-23(22)12-6-2-7-13-23/h3-4,9-10,16,22,24-27H,1-2,5-8,11-15H2/b21-20+,24-16?. The summed E-state index contributed by atoms with van der Waals surface area (Å²) in [7, 11) is 0. The Bertz CT molecular complexity index is 756. The zero-order valence-corrected chi connectivity index (χ0v) is 17.5. The summed E-state index contributed by atoms with van der Waals surface area (Å²) in [5, 5.41) is 15.0. The Morgan fingerprint density at radius 3 is 2.75 bits per heavy atom. The van der Waals surface area contributed by atoms with Crippen LogP contribution in [-0.2, 0) is 6.42 Å². The summed E-state index contributed by atoms with van der Waals surface area (Å²) < 4.78 is 3.37. The van der Waals surface area contributed by atoms with Gasteiger partial charge in [-0.15, -0.1) is 0 Å². The molecule has 28 heavy (non-hydrogen) atoms. The lowest BCUT2D eigenvalue weighted by Gasteiger charge is -2.40. The molecule has 1 aromatic carbocycles. The third-order valence-corrected chi connectivity index (χ3v) is 7.53. The van der Waals surface area contributed by atoms with Crippen LogP contribution in [0.5, 0.6) is 0 Å². The van der Waals surface area contributed by atoms with E-state index in [0.717, 1.165) is 23.7 Å². The van der Waals surface area contributed by atoms with E-state index in [9.17, 15) is 0 Å². The van der Waals surface area contributed by atoms with Crippen molar-refractivity contribution in [3.63, 3.8) is 0 Å². The Kier molecular flexibility index (Phi) is 6.00. The van der Waals surface area contributed by atoms with E-state index in [1.54, 1.807) is 0 Å². The van der Waals surface area contributed by atoms with Crippen LogP contribution in [0.25, 0.3) is 0 Å². The van der Waals surface area contributed by atoms with Crippen molar-refractivity contribution in [2.75, 3.05) is 6.54 Å². The largest absolute Gasteiger partial charge is 0.387 e. The normalized spacial score (nSPS) is 24.8. The second-order valence-electron chi connectivity index (χ2n) is 8.43. The lowest BCUT2D eigenvalue weighted by molar-refractivity contribution is 0.145. The minimum absolute atomic E-state index is 0.324. The molecule has 1 saturated carbocycles. The zero-order chi connectivity index (χ0) is 19.4. The molecule has 3 aliphatic rings. The van der Waals surface area contributed by atoms with Gasteiger partial charge in [-0.2, -0.15) is 0 Å². The van der Waals surface area contributed by atoms with E-state index in [-0.39, 0.29) is 0 Å². The van der Waals surface area contributed by atoms with E-state index >= 15 is 0 Å². The monoisotopic (exact) mass is 396 g/mol. The van der Waals surface area contributed by atoms with E-state index in [4.69, 9.17) is 5.41 Å². The minimum Gasteiger partial charge on any atom is -0.387 e. The van der Waals surface area contributed by atoms with Gasteiger partial charge in [-0.1, -0.05) is 50.1 Å². The molecule has 0 aromatic heterocycles. The van der Waals surface area contributed by atoms with Gasteiger partial charge >= 0.3 is 0 Å². The van der Waals surface area contributed by atoms with Crippen LogP contribution in [0.1, 0.15) is 68.5 Å². The van der Waals surface area contributed by atoms with Crippen LogP contribution in [-0.4, -0.2) is 12.8 Å². The fourth-order valence-corrected chi connectivity index (χ4v) is 5.85. The third kappa shape index (κ3) is 3.95. The Hall–Kier alpha value is -1.88.